The van der Waals surface area contributed by atoms with Crippen LogP contribution < -0.4 is 10.6 Å². The van der Waals surface area contributed by atoms with Gasteiger partial charge in [0.15, 0.2) is 0 Å². The average Bonchev–Trinajstić information content (AvgIpc) is 2.92. The van der Waals surface area contributed by atoms with Crippen LogP contribution in [-0.2, 0) is 4.79 Å². The Morgan fingerprint density at radius 2 is 1.77 bits per heavy atom. The number of urea groups is 1. The molecule has 1 aromatic carbocycles. The van der Waals surface area contributed by atoms with Crippen LogP contribution in [-0.4, -0.2) is 16.5 Å². The first-order valence-corrected chi connectivity index (χ1v) is 6.74. The Morgan fingerprint density at radius 1 is 1.09 bits per heavy atom. The van der Waals surface area contributed by atoms with Gasteiger partial charge in [0.05, 0.1) is 0 Å². The number of imide groups is 1. The highest BCUT2D eigenvalue weighted by Gasteiger charge is 2.23. The zero-order valence-corrected chi connectivity index (χ0v) is 12.1. The molecule has 0 spiro atoms. The number of nitrogens with zero attached hydrogens (tertiary/aromatic N) is 1. The van der Waals surface area contributed by atoms with Crippen LogP contribution in [0, 0.1) is 19.7 Å². The van der Waals surface area contributed by atoms with Gasteiger partial charge in [-0.05, 0) is 55.8 Å². The van der Waals surface area contributed by atoms with Crippen LogP contribution in [0.25, 0.3) is 11.8 Å². The van der Waals surface area contributed by atoms with Crippen LogP contribution in [0.2, 0.25) is 0 Å². The van der Waals surface area contributed by atoms with E-state index in [1.807, 2.05) is 24.5 Å². The molecule has 1 aliphatic heterocycles. The van der Waals surface area contributed by atoms with E-state index >= 15 is 0 Å². The molecule has 22 heavy (non-hydrogen) atoms. The Bertz CT molecular complexity index is 804. The number of rotatable bonds is 2. The first-order chi connectivity index (χ1) is 10.5. The molecule has 3 amide bonds. The maximum absolute atomic E-state index is 13.1. The standard InChI is InChI=1S/C16H14FN3O2/c1-9-7-11(8-14-15(21)19-16(22)18-14)10(2)20(9)13-5-3-12(17)4-6-13/h3-8H,1-2H3,(H2,18,19,21,22)/b14-8+. The van der Waals surface area contributed by atoms with E-state index in [9.17, 15) is 14.0 Å². The predicted molar refractivity (Wildman–Crippen MR) is 79.9 cm³/mol. The number of carbonyl (C=O) groups excluding carboxylic acids is 2. The van der Waals surface area contributed by atoms with Crippen molar-refractivity contribution < 1.29 is 14.0 Å². The number of aromatic nitrogens is 1. The predicted octanol–water partition coefficient (Wildman–Crippen LogP) is 2.41. The van der Waals surface area contributed by atoms with Gasteiger partial charge in [0.25, 0.3) is 5.91 Å². The summed E-state index contributed by atoms with van der Waals surface area (Å²) < 4.78 is 15.0. The number of amides is 3. The van der Waals surface area contributed by atoms with Gasteiger partial charge in [-0.3, -0.25) is 10.1 Å². The lowest BCUT2D eigenvalue weighted by Gasteiger charge is -2.09. The quantitative estimate of drug-likeness (QED) is 0.661. The number of halogens is 1. The van der Waals surface area contributed by atoms with E-state index in [1.165, 1.54) is 12.1 Å². The number of nitrogens with one attached hydrogen (secondary N) is 2. The van der Waals surface area contributed by atoms with Gasteiger partial charge in [0.1, 0.15) is 11.5 Å². The Kier molecular flexibility index (Phi) is 3.29. The molecule has 0 atom stereocenters. The lowest BCUT2D eigenvalue weighted by Crippen LogP contribution is -2.22. The molecule has 0 unspecified atom stereocenters. The number of aryl methyl sites for hydroxylation is 1. The van der Waals surface area contributed by atoms with Crippen LogP contribution in [0.4, 0.5) is 9.18 Å². The van der Waals surface area contributed by atoms with Crippen LogP contribution in [0.5, 0.6) is 0 Å². The van der Waals surface area contributed by atoms with Crippen molar-refractivity contribution in [1.29, 1.82) is 0 Å². The van der Waals surface area contributed by atoms with Crippen molar-refractivity contribution >= 4 is 18.0 Å². The molecular formula is C16H14FN3O2. The van der Waals surface area contributed by atoms with E-state index < -0.39 is 11.9 Å². The van der Waals surface area contributed by atoms with Crippen LogP contribution >= 0.6 is 0 Å². The van der Waals surface area contributed by atoms with E-state index in [4.69, 9.17) is 0 Å². The summed E-state index contributed by atoms with van der Waals surface area (Å²) in [6, 6.07) is 7.56. The molecule has 1 aliphatic rings. The fraction of sp³-hybridized carbons (Fsp3) is 0.125. The smallest absolute Gasteiger partial charge is 0.318 e. The molecule has 0 aliphatic carbocycles. The average molecular weight is 299 g/mol. The molecule has 0 radical (unpaired) electrons. The van der Waals surface area contributed by atoms with E-state index in [0.717, 1.165) is 22.6 Å². The molecule has 0 saturated carbocycles. The molecule has 2 N–H and O–H groups in total. The zero-order chi connectivity index (χ0) is 15.9. The molecule has 1 fully saturated rings. The summed E-state index contributed by atoms with van der Waals surface area (Å²) in [4.78, 5) is 22.7. The van der Waals surface area contributed by atoms with Gasteiger partial charge >= 0.3 is 6.03 Å². The summed E-state index contributed by atoms with van der Waals surface area (Å²) in [7, 11) is 0. The van der Waals surface area contributed by atoms with E-state index in [-0.39, 0.29) is 11.5 Å². The minimum atomic E-state index is -0.524. The van der Waals surface area contributed by atoms with Gasteiger partial charge in [0.2, 0.25) is 0 Å². The first-order valence-electron chi connectivity index (χ1n) is 6.74. The summed E-state index contributed by atoms with van der Waals surface area (Å²) in [5.41, 5.74) is 3.70. The second-order valence-corrected chi connectivity index (χ2v) is 5.10. The maximum Gasteiger partial charge on any atom is 0.326 e. The van der Waals surface area contributed by atoms with Crippen LogP contribution in [0.3, 0.4) is 0 Å². The monoisotopic (exact) mass is 299 g/mol. The fourth-order valence-electron chi connectivity index (χ4n) is 2.56. The Hall–Kier alpha value is -2.89. The van der Waals surface area contributed by atoms with Gasteiger partial charge in [0, 0.05) is 17.1 Å². The maximum atomic E-state index is 13.1. The lowest BCUT2D eigenvalue weighted by atomic mass is 10.2. The lowest BCUT2D eigenvalue weighted by molar-refractivity contribution is -0.115. The highest BCUT2D eigenvalue weighted by molar-refractivity contribution is 6.14. The zero-order valence-electron chi connectivity index (χ0n) is 12.1. The van der Waals surface area contributed by atoms with E-state index in [1.54, 1.807) is 18.2 Å². The van der Waals surface area contributed by atoms with Crippen molar-refractivity contribution in [2.45, 2.75) is 13.8 Å². The Labute approximate surface area is 126 Å². The third-order valence-corrected chi connectivity index (χ3v) is 3.57. The number of benzene rings is 1. The Balaban J connectivity index is 2.04. The van der Waals surface area contributed by atoms with Crippen molar-refractivity contribution in [3.05, 3.63) is 58.8 Å². The third-order valence-electron chi connectivity index (χ3n) is 3.57. The first kappa shape index (κ1) is 14.1. The van der Waals surface area contributed by atoms with E-state index in [2.05, 4.69) is 10.6 Å². The van der Waals surface area contributed by atoms with Crippen molar-refractivity contribution in [3.8, 4) is 5.69 Å². The molecule has 1 aromatic heterocycles. The minimum absolute atomic E-state index is 0.212. The Morgan fingerprint density at radius 3 is 2.36 bits per heavy atom. The van der Waals surface area contributed by atoms with Gasteiger partial charge < -0.3 is 9.88 Å². The number of hydrogen-bond donors (Lipinski definition) is 2. The largest absolute Gasteiger partial charge is 0.326 e. The third kappa shape index (κ3) is 2.39. The highest BCUT2D eigenvalue weighted by atomic mass is 19.1. The van der Waals surface area contributed by atoms with Gasteiger partial charge in [-0.2, -0.15) is 0 Å². The van der Waals surface area contributed by atoms with Crippen molar-refractivity contribution in [2.24, 2.45) is 0 Å². The van der Waals surface area contributed by atoms with Crippen molar-refractivity contribution in [1.82, 2.24) is 15.2 Å². The minimum Gasteiger partial charge on any atom is -0.318 e. The fourth-order valence-corrected chi connectivity index (χ4v) is 2.56. The number of hydrogen-bond acceptors (Lipinski definition) is 2. The molecular weight excluding hydrogens is 285 g/mol. The summed E-state index contributed by atoms with van der Waals surface area (Å²) >= 11 is 0. The molecule has 112 valence electrons. The molecule has 6 heteroatoms. The van der Waals surface area contributed by atoms with Gasteiger partial charge in [-0.15, -0.1) is 0 Å². The summed E-state index contributed by atoms with van der Waals surface area (Å²) in [5.74, 6) is -0.740. The molecule has 2 aromatic rings. The normalized spacial score (nSPS) is 16.0. The van der Waals surface area contributed by atoms with Crippen LogP contribution in [0.1, 0.15) is 17.0 Å². The molecule has 3 rings (SSSR count). The van der Waals surface area contributed by atoms with Crippen molar-refractivity contribution in [3.63, 3.8) is 0 Å². The topological polar surface area (TPSA) is 63.1 Å². The van der Waals surface area contributed by atoms with Crippen molar-refractivity contribution in [2.75, 3.05) is 0 Å². The number of carbonyl (C=O) groups is 2. The van der Waals surface area contributed by atoms with E-state index in [0.29, 0.717) is 0 Å². The molecule has 1 saturated heterocycles. The summed E-state index contributed by atoms with van der Waals surface area (Å²) in [6.07, 6.45) is 1.63. The van der Waals surface area contributed by atoms with Crippen LogP contribution in [0.15, 0.2) is 36.0 Å². The molecule has 0 bridgehead atoms. The molecule has 2 heterocycles. The van der Waals surface area contributed by atoms with Gasteiger partial charge in [-0.1, -0.05) is 0 Å². The second-order valence-electron chi connectivity index (χ2n) is 5.10. The SMILES string of the molecule is Cc1cc(/C=C2/NC(=O)NC2=O)c(C)n1-c1ccc(F)cc1. The second kappa shape index (κ2) is 5.14. The molecule has 5 nitrogen and oxygen atoms in total. The van der Waals surface area contributed by atoms with Gasteiger partial charge in [-0.25, -0.2) is 9.18 Å². The summed E-state index contributed by atoms with van der Waals surface area (Å²) in [6.45, 7) is 3.82. The summed E-state index contributed by atoms with van der Waals surface area (Å²) in [5, 5.41) is 4.62. The highest BCUT2D eigenvalue weighted by Crippen LogP contribution is 2.23.